The Hall–Kier alpha value is -1.63. The van der Waals surface area contributed by atoms with E-state index in [9.17, 15) is 0 Å². The summed E-state index contributed by atoms with van der Waals surface area (Å²) in [4.78, 5) is 4.66. The molecule has 110 valence electrons. The first-order chi connectivity index (χ1) is 10.2. The molecule has 0 aliphatic heterocycles. The monoisotopic (exact) mass is 279 g/mol. The van der Waals surface area contributed by atoms with Crippen molar-refractivity contribution in [3.63, 3.8) is 0 Å². The molecule has 1 aliphatic rings. The van der Waals surface area contributed by atoms with E-state index in [0.29, 0.717) is 0 Å². The van der Waals surface area contributed by atoms with E-state index in [-0.39, 0.29) is 0 Å². The summed E-state index contributed by atoms with van der Waals surface area (Å²) >= 11 is 0. The van der Waals surface area contributed by atoms with Crippen LogP contribution in [0.25, 0.3) is 11.3 Å². The van der Waals surface area contributed by atoms with Crippen LogP contribution < -0.4 is 0 Å². The maximum Gasteiger partial charge on any atom is 0.0702 e. The summed E-state index contributed by atoms with van der Waals surface area (Å²) in [6, 6.07) is 13.0. The van der Waals surface area contributed by atoms with Crippen molar-refractivity contribution in [2.24, 2.45) is 11.8 Å². The van der Waals surface area contributed by atoms with E-state index >= 15 is 0 Å². The average Bonchev–Trinajstić information content (AvgIpc) is 2.51. The van der Waals surface area contributed by atoms with Crippen LogP contribution in [0.1, 0.15) is 43.7 Å². The molecule has 0 N–H and O–H groups in total. The predicted molar refractivity (Wildman–Crippen MR) is 89.2 cm³/mol. The highest BCUT2D eigenvalue weighted by molar-refractivity contribution is 5.59. The first-order valence-corrected chi connectivity index (χ1v) is 8.22. The topological polar surface area (TPSA) is 12.9 Å². The summed E-state index contributed by atoms with van der Waals surface area (Å²) in [7, 11) is 0. The van der Waals surface area contributed by atoms with Crippen molar-refractivity contribution in [3.8, 4) is 11.3 Å². The van der Waals surface area contributed by atoms with Gasteiger partial charge < -0.3 is 0 Å². The van der Waals surface area contributed by atoms with E-state index in [2.05, 4.69) is 61.4 Å². The Kier molecular flexibility index (Phi) is 4.38. The van der Waals surface area contributed by atoms with Gasteiger partial charge in [0.05, 0.1) is 5.69 Å². The molecule has 1 nitrogen and oxygen atoms in total. The summed E-state index contributed by atoms with van der Waals surface area (Å²) in [6.45, 7) is 4.50. The van der Waals surface area contributed by atoms with Gasteiger partial charge in [0, 0.05) is 11.8 Å². The number of aromatic nitrogens is 1. The zero-order chi connectivity index (χ0) is 14.7. The third kappa shape index (κ3) is 3.72. The van der Waals surface area contributed by atoms with Crippen LogP contribution in [0.2, 0.25) is 0 Å². The molecule has 0 spiro atoms. The van der Waals surface area contributed by atoms with Gasteiger partial charge in [0.2, 0.25) is 0 Å². The molecule has 1 heterocycles. The first-order valence-electron chi connectivity index (χ1n) is 8.22. The highest BCUT2D eigenvalue weighted by Crippen LogP contribution is 2.30. The van der Waals surface area contributed by atoms with Crippen molar-refractivity contribution in [3.05, 3.63) is 53.7 Å². The van der Waals surface area contributed by atoms with Crippen LogP contribution in [-0.4, -0.2) is 4.98 Å². The predicted octanol–water partition coefficient (Wildman–Crippen LogP) is 5.43. The van der Waals surface area contributed by atoms with Gasteiger partial charge in [0.15, 0.2) is 0 Å². The standard InChI is InChI=1S/C20H25N/c1-15-3-7-17(8-4-15)13-18-9-12-20(21-14-18)19-10-5-16(2)6-11-19/h5-6,9-12,14-15,17H,3-4,7-8,13H2,1-2H3. The second-order valence-electron chi connectivity index (χ2n) is 6.75. The van der Waals surface area contributed by atoms with E-state index in [1.54, 1.807) is 0 Å². The van der Waals surface area contributed by atoms with Gasteiger partial charge in [0.25, 0.3) is 0 Å². The molecule has 0 radical (unpaired) electrons. The SMILES string of the molecule is Cc1ccc(-c2ccc(CC3CCC(C)CC3)cn2)cc1. The van der Waals surface area contributed by atoms with Crippen molar-refractivity contribution >= 4 is 0 Å². The molecular weight excluding hydrogens is 254 g/mol. The number of aryl methyl sites for hydroxylation is 1. The van der Waals surface area contributed by atoms with Gasteiger partial charge in [-0.15, -0.1) is 0 Å². The molecular formula is C20H25N. The van der Waals surface area contributed by atoms with Crippen LogP contribution >= 0.6 is 0 Å². The summed E-state index contributed by atoms with van der Waals surface area (Å²) in [5, 5.41) is 0. The number of rotatable bonds is 3. The average molecular weight is 279 g/mol. The number of hydrogen-bond acceptors (Lipinski definition) is 1. The van der Waals surface area contributed by atoms with E-state index < -0.39 is 0 Å². The third-order valence-electron chi connectivity index (χ3n) is 4.83. The normalized spacial score (nSPS) is 22.2. The highest BCUT2D eigenvalue weighted by Gasteiger charge is 2.18. The van der Waals surface area contributed by atoms with Crippen molar-refractivity contribution in [1.82, 2.24) is 4.98 Å². The van der Waals surface area contributed by atoms with Crippen molar-refractivity contribution in [2.45, 2.75) is 46.0 Å². The fraction of sp³-hybridized carbons (Fsp3) is 0.450. The smallest absolute Gasteiger partial charge is 0.0702 e. The number of pyridine rings is 1. The Morgan fingerprint density at radius 3 is 2.29 bits per heavy atom. The van der Waals surface area contributed by atoms with E-state index in [4.69, 9.17) is 0 Å². The lowest BCUT2D eigenvalue weighted by atomic mass is 9.80. The van der Waals surface area contributed by atoms with E-state index in [1.165, 1.54) is 48.8 Å². The van der Waals surface area contributed by atoms with Crippen LogP contribution in [-0.2, 0) is 6.42 Å². The number of nitrogens with zero attached hydrogens (tertiary/aromatic N) is 1. The molecule has 1 aromatic heterocycles. The van der Waals surface area contributed by atoms with Crippen LogP contribution in [0.5, 0.6) is 0 Å². The summed E-state index contributed by atoms with van der Waals surface area (Å²) in [5.74, 6) is 1.80. The highest BCUT2D eigenvalue weighted by atomic mass is 14.7. The Balaban J connectivity index is 1.65. The lowest BCUT2D eigenvalue weighted by molar-refractivity contribution is 0.289. The maximum atomic E-state index is 4.66. The molecule has 0 atom stereocenters. The summed E-state index contributed by atoms with van der Waals surface area (Å²) in [6.07, 6.45) is 8.86. The van der Waals surface area contributed by atoms with E-state index in [1.807, 2.05) is 0 Å². The minimum absolute atomic E-state index is 0.869. The molecule has 1 aliphatic carbocycles. The van der Waals surface area contributed by atoms with Crippen LogP contribution in [0.4, 0.5) is 0 Å². The summed E-state index contributed by atoms with van der Waals surface area (Å²) in [5.41, 5.74) is 4.97. The molecule has 3 rings (SSSR count). The Morgan fingerprint density at radius 1 is 0.952 bits per heavy atom. The lowest BCUT2D eigenvalue weighted by Gasteiger charge is -2.26. The van der Waals surface area contributed by atoms with Gasteiger partial charge >= 0.3 is 0 Å². The molecule has 0 unspecified atom stereocenters. The van der Waals surface area contributed by atoms with Gasteiger partial charge in [-0.1, -0.05) is 55.7 Å². The third-order valence-corrected chi connectivity index (χ3v) is 4.83. The molecule has 0 amide bonds. The maximum absolute atomic E-state index is 4.66. The molecule has 1 saturated carbocycles. The Morgan fingerprint density at radius 2 is 1.67 bits per heavy atom. The minimum atomic E-state index is 0.869. The zero-order valence-corrected chi connectivity index (χ0v) is 13.2. The molecule has 0 saturated heterocycles. The molecule has 0 bridgehead atoms. The fourth-order valence-corrected chi connectivity index (χ4v) is 3.31. The largest absolute Gasteiger partial charge is 0.256 e. The van der Waals surface area contributed by atoms with E-state index in [0.717, 1.165) is 17.5 Å². The van der Waals surface area contributed by atoms with Crippen LogP contribution in [0, 0.1) is 18.8 Å². The minimum Gasteiger partial charge on any atom is -0.256 e. The molecule has 1 fully saturated rings. The number of hydrogen-bond donors (Lipinski definition) is 0. The van der Waals surface area contributed by atoms with Crippen molar-refractivity contribution in [2.75, 3.05) is 0 Å². The molecule has 1 heteroatoms. The first kappa shape index (κ1) is 14.3. The van der Waals surface area contributed by atoms with Crippen molar-refractivity contribution in [1.29, 1.82) is 0 Å². The molecule has 2 aromatic rings. The molecule has 21 heavy (non-hydrogen) atoms. The van der Waals surface area contributed by atoms with Gasteiger partial charge in [-0.3, -0.25) is 4.98 Å². The fourth-order valence-electron chi connectivity index (χ4n) is 3.31. The lowest BCUT2D eigenvalue weighted by Crippen LogP contribution is -2.14. The van der Waals surface area contributed by atoms with Gasteiger partial charge in [0.1, 0.15) is 0 Å². The Labute approximate surface area is 128 Å². The quantitative estimate of drug-likeness (QED) is 0.730. The summed E-state index contributed by atoms with van der Waals surface area (Å²) < 4.78 is 0. The number of benzene rings is 1. The molecule has 1 aromatic carbocycles. The van der Waals surface area contributed by atoms with Crippen LogP contribution in [0.3, 0.4) is 0 Å². The van der Waals surface area contributed by atoms with Gasteiger partial charge in [-0.05, 0) is 49.7 Å². The second-order valence-corrected chi connectivity index (χ2v) is 6.75. The Bertz CT molecular complexity index is 560. The van der Waals surface area contributed by atoms with Gasteiger partial charge in [-0.25, -0.2) is 0 Å². The zero-order valence-electron chi connectivity index (χ0n) is 13.2. The second kappa shape index (κ2) is 6.43. The van der Waals surface area contributed by atoms with Gasteiger partial charge in [-0.2, -0.15) is 0 Å². The van der Waals surface area contributed by atoms with Crippen molar-refractivity contribution < 1.29 is 0 Å². The van der Waals surface area contributed by atoms with Crippen LogP contribution in [0.15, 0.2) is 42.6 Å².